The van der Waals surface area contributed by atoms with E-state index in [1.807, 2.05) is 20.8 Å². The molecule has 8 heteroatoms. The van der Waals surface area contributed by atoms with Crippen molar-refractivity contribution in [3.8, 4) is 0 Å². The fourth-order valence-electron chi connectivity index (χ4n) is 0.825. The highest BCUT2D eigenvalue weighted by atomic mass is 33.1. The summed E-state index contributed by atoms with van der Waals surface area (Å²) in [5.41, 5.74) is 6.91. The van der Waals surface area contributed by atoms with E-state index in [1.165, 1.54) is 21.6 Å². The summed E-state index contributed by atoms with van der Waals surface area (Å²) < 4.78 is 9.84. The smallest absolute Gasteiger partial charge is 0.366 e. The highest BCUT2D eigenvalue weighted by Crippen LogP contribution is 2.22. The minimum atomic E-state index is -0.485. The summed E-state index contributed by atoms with van der Waals surface area (Å²) in [5.74, 6) is 0.823. The third kappa shape index (κ3) is 9.58. The van der Waals surface area contributed by atoms with E-state index in [1.54, 1.807) is 0 Å². The number of hydrogen-bond donors (Lipinski definition) is 2. The average molecular weight is 298 g/mol. The lowest BCUT2D eigenvalue weighted by Crippen LogP contribution is -2.67. The lowest BCUT2D eigenvalue weighted by molar-refractivity contribution is -0.470. The predicted octanol–water partition coefficient (Wildman–Crippen LogP) is -0.939. The second-order valence-electron chi connectivity index (χ2n) is 4.65. The van der Waals surface area contributed by atoms with Crippen LogP contribution in [0.4, 0.5) is 0 Å². The first kappa shape index (κ1) is 17.6. The van der Waals surface area contributed by atoms with E-state index in [9.17, 15) is 9.59 Å². The lowest BCUT2D eigenvalue weighted by atomic mass is 10.2. The number of carbonyl (C=O) groups excluding carboxylic acids is 2. The molecule has 0 spiro atoms. The summed E-state index contributed by atoms with van der Waals surface area (Å²) >= 11 is 0. The quantitative estimate of drug-likeness (QED) is 0.197. The molecule has 2 unspecified atom stereocenters. The van der Waals surface area contributed by atoms with Crippen LogP contribution in [0.25, 0.3) is 0 Å². The molecule has 0 radical (unpaired) electrons. The van der Waals surface area contributed by atoms with Gasteiger partial charge in [-0.15, -0.1) is 0 Å². The van der Waals surface area contributed by atoms with Gasteiger partial charge in [-0.3, -0.25) is 4.79 Å². The van der Waals surface area contributed by atoms with Gasteiger partial charge in [0, 0.05) is 0 Å². The molecule has 0 aromatic rings. The molecular weight excluding hydrogens is 276 g/mol. The predicted molar refractivity (Wildman–Crippen MR) is 71.3 cm³/mol. The fraction of sp³-hybridized carbons (Fsp3) is 0.800. The van der Waals surface area contributed by atoms with Gasteiger partial charge >= 0.3 is 5.97 Å². The van der Waals surface area contributed by atoms with Crippen molar-refractivity contribution in [2.24, 2.45) is 0 Å². The van der Waals surface area contributed by atoms with Crippen molar-refractivity contribution in [2.75, 3.05) is 11.5 Å². The van der Waals surface area contributed by atoms with E-state index >= 15 is 0 Å². The van der Waals surface area contributed by atoms with Crippen LogP contribution in [-0.4, -0.2) is 41.8 Å². The van der Waals surface area contributed by atoms with Crippen molar-refractivity contribution in [1.29, 1.82) is 0 Å². The minimum absolute atomic E-state index is 0.300. The molecule has 0 saturated carbocycles. The van der Waals surface area contributed by atoms with Gasteiger partial charge in [0.1, 0.15) is 5.60 Å². The number of quaternary nitrogens is 2. The number of hydrogen-bond acceptors (Lipinski definition) is 6. The van der Waals surface area contributed by atoms with E-state index in [2.05, 4.69) is 16.2 Å². The Morgan fingerprint density at radius 3 is 2.33 bits per heavy atom. The van der Waals surface area contributed by atoms with E-state index < -0.39 is 11.6 Å². The zero-order chi connectivity index (χ0) is 14.2. The first-order chi connectivity index (χ1) is 8.26. The van der Waals surface area contributed by atoms with Crippen LogP contribution >= 0.6 is 21.6 Å². The van der Waals surface area contributed by atoms with Crippen molar-refractivity contribution in [3.05, 3.63) is 0 Å². The zero-order valence-corrected chi connectivity index (χ0v) is 12.6. The molecular formula is C10H22N2O4S2+2. The van der Waals surface area contributed by atoms with Crippen LogP contribution in [0.2, 0.25) is 0 Å². The molecule has 0 aliphatic carbocycles. The van der Waals surface area contributed by atoms with Gasteiger partial charge in [0.25, 0.3) is 6.47 Å². The van der Waals surface area contributed by atoms with Gasteiger partial charge in [-0.05, 0) is 20.8 Å². The standard InChI is InChI=1S/C10H20N2O4S2/c1-10(2,3)16-9(14)7(11)4-17-18-5-8(12)15-6-13/h6-8H,4-5,11-12H2,1-3H3/p+2. The molecule has 2 atom stereocenters. The van der Waals surface area contributed by atoms with Gasteiger partial charge in [-0.2, -0.15) is 0 Å². The van der Waals surface area contributed by atoms with Crippen LogP contribution in [0.5, 0.6) is 0 Å². The Bertz CT molecular complexity index is 271. The maximum Gasteiger partial charge on any atom is 0.366 e. The van der Waals surface area contributed by atoms with Crippen LogP contribution in [0.3, 0.4) is 0 Å². The minimum Gasteiger partial charge on any atom is -0.456 e. The second kappa shape index (κ2) is 8.63. The van der Waals surface area contributed by atoms with Gasteiger partial charge in [0.15, 0.2) is 6.04 Å². The Labute approximate surface area is 115 Å². The summed E-state index contributed by atoms with van der Waals surface area (Å²) in [6.07, 6.45) is -0.371. The molecule has 18 heavy (non-hydrogen) atoms. The summed E-state index contributed by atoms with van der Waals surface area (Å²) in [5, 5.41) is 0. The molecule has 0 aliphatic heterocycles. The average Bonchev–Trinajstić information content (AvgIpc) is 2.22. The summed E-state index contributed by atoms with van der Waals surface area (Å²) in [4.78, 5) is 21.6. The molecule has 0 saturated heterocycles. The Kier molecular flexibility index (Phi) is 8.41. The molecule has 0 rings (SSSR count). The van der Waals surface area contributed by atoms with Gasteiger partial charge < -0.3 is 20.9 Å². The van der Waals surface area contributed by atoms with Crippen LogP contribution in [0.1, 0.15) is 20.8 Å². The van der Waals surface area contributed by atoms with Crippen LogP contribution in [0, 0.1) is 0 Å². The van der Waals surface area contributed by atoms with Crippen LogP contribution < -0.4 is 11.5 Å². The third-order valence-electron chi connectivity index (χ3n) is 1.59. The van der Waals surface area contributed by atoms with E-state index in [-0.39, 0.29) is 12.2 Å². The number of carbonyl (C=O) groups is 2. The Hall–Kier alpha value is -0.440. The number of esters is 1. The Morgan fingerprint density at radius 2 is 1.83 bits per heavy atom. The largest absolute Gasteiger partial charge is 0.456 e. The highest BCUT2D eigenvalue weighted by molar-refractivity contribution is 8.76. The van der Waals surface area contributed by atoms with Crippen molar-refractivity contribution in [3.63, 3.8) is 0 Å². The highest BCUT2D eigenvalue weighted by Gasteiger charge is 2.25. The Balaban J connectivity index is 3.73. The van der Waals surface area contributed by atoms with Crippen molar-refractivity contribution < 1.29 is 30.5 Å². The van der Waals surface area contributed by atoms with Crippen molar-refractivity contribution in [2.45, 2.75) is 38.6 Å². The third-order valence-corrected chi connectivity index (χ3v) is 4.12. The van der Waals surface area contributed by atoms with E-state index in [4.69, 9.17) is 4.74 Å². The first-order valence-electron chi connectivity index (χ1n) is 5.49. The van der Waals surface area contributed by atoms with Gasteiger partial charge in [-0.1, -0.05) is 21.6 Å². The summed E-state index contributed by atoms with van der Waals surface area (Å²) in [7, 11) is 2.97. The zero-order valence-electron chi connectivity index (χ0n) is 11.0. The Morgan fingerprint density at radius 1 is 1.28 bits per heavy atom. The second-order valence-corrected chi connectivity index (χ2v) is 7.21. The first-order valence-corrected chi connectivity index (χ1v) is 7.97. The lowest BCUT2D eigenvalue weighted by Gasteiger charge is -2.20. The molecule has 6 nitrogen and oxygen atoms in total. The van der Waals surface area contributed by atoms with Gasteiger partial charge in [-0.25, -0.2) is 4.79 Å². The van der Waals surface area contributed by atoms with Gasteiger partial charge in [0.2, 0.25) is 6.23 Å². The number of ether oxygens (including phenoxy) is 2. The SMILES string of the molecule is CC(C)(C)OC(=O)C([NH3+])CSSCC([NH3+])OC=O. The maximum absolute atomic E-state index is 11.6. The van der Waals surface area contributed by atoms with Crippen molar-refractivity contribution in [1.82, 2.24) is 0 Å². The normalized spacial score (nSPS) is 14.7. The molecule has 0 heterocycles. The molecule has 0 fully saturated rings. The molecule has 6 N–H and O–H groups in total. The summed E-state index contributed by atoms with van der Waals surface area (Å²) in [6.45, 7) is 5.85. The molecule has 0 aliphatic rings. The van der Waals surface area contributed by atoms with Crippen LogP contribution in [-0.2, 0) is 19.1 Å². The molecule has 0 amide bonds. The topological polar surface area (TPSA) is 108 Å². The molecule has 106 valence electrons. The fourth-order valence-corrected chi connectivity index (χ4v) is 3.07. The molecule has 0 aromatic carbocycles. The molecule has 0 bridgehead atoms. The summed E-state index contributed by atoms with van der Waals surface area (Å²) in [6, 6.07) is -0.406. The van der Waals surface area contributed by atoms with E-state index in [0.717, 1.165) is 0 Å². The van der Waals surface area contributed by atoms with Crippen LogP contribution in [0.15, 0.2) is 0 Å². The maximum atomic E-state index is 11.6. The van der Waals surface area contributed by atoms with E-state index in [0.29, 0.717) is 18.0 Å². The van der Waals surface area contributed by atoms with Gasteiger partial charge in [0.05, 0.1) is 11.5 Å². The number of rotatable bonds is 8. The van der Waals surface area contributed by atoms with Crippen molar-refractivity contribution >= 4 is 34.0 Å². The monoisotopic (exact) mass is 298 g/mol. The molecule has 0 aromatic heterocycles.